The van der Waals surface area contributed by atoms with E-state index in [1.807, 2.05) is 35.8 Å². The second kappa shape index (κ2) is 7.30. The Balaban J connectivity index is 2.23. The van der Waals surface area contributed by atoms with Gasteiger partial charge in [0.25, 0.3) is 0 Å². The summed E-state index contributed by atoms with van der Waals surface area (Å²) in [6, 6.07) is 16.0. The first-order valence-electron chi connectivity index (χ1n) is 7.85. The molecule has 3 aromatic rings. The third-order valence-corrected chi connectivity index (χ3v) is 4.95. The molecule has 0 N–H and O–H groups in total. The third-order valence-electron chi connectivity index (χ3n) is 3.79. The maximum absolute atomic E-state index is 9.17. The molecule has 0 unspecified atom stereocenters. The Kier molecular flexibility index (Phi) is 5.12. The number of benzene rings is 2. The highest BCUT2D eigenvalue weighted by Crippen LogP contribution is 2.32. The third kappa shape index (κ3) is 3.71. The first-order chi connectivity index (χ1) is 12.0. The molecule has 1 heterocycles. The SMILES string of the molecule is Cc1ccc(C)c(-n2c(S[C@@H](C)C#N)nnc2-c2cccc(Cl)c2)c1. The van der Waals surface area contributed by atoms with Gasteiger partial charge in [0.1, 0.15) is 0 Å². The number of nitrogens with zero attached hydrogens (tertiary/aromatic N) is 4. The predicted molar refractivity (Wildman–Crippen MR) is 102 cm³/mol. The number of hydrogen-bond acceptors (Lipinski definition) is 4. The van der Waals surface area contributed by atoms with E-state index >= 15 is 0 Å². The molecule has 0 aliphatic carbocycles. The summed E-state index contributed by atoms with van der Waals surface area (Å²) in [5.41, 5.74) is 4.15. The van der Waals surface area contributed by atoms with E-state index in [0.29, 0.717) is 16.0 Å². The number of aryl methyl sites for hydroxylation is 2. The van der Waals surface area contributed by atoms with Crippen molar-refractivity contribution in [2.45, 2.75) is 31.2 Å². The standard InChI is InChI=1S/C19H17ClN4S/c1-12-7-8-13(2)17(9-12)24-18(15-5-4-6-16(20)10-15)22-23-19(24)25-14(3)11-21/h4-10,14H,1-3H3/t14-/m0/s1. The molecular weight excluding hydrogens is 352 g/mol. The molecule has 25 heavy (non-hydrogen) atoms. The predicted octanol–water partition coefficient (Wildman–Crippen LogP) is 5.21. The van der Waals surface area contributed by atoms with E-state index in [2.05, 4.69) is 48.3 Å². The van der Waals surface area contributed by atoms with Crippen LogP contribution in [0.3, 0.4) is 0 Å². The fourth-order valence-electron chi connectivity index (χ4n) is 2.52. The van der Waals surface area contributed by atoms with E-state index in [-0.39, 0.29) is 5.25 Å². The number of rotatable bonds is 4. The summed E-state index contributed by atoms with van der Waals surface area (Å²) in [5.74, 6) is 0.712. The van der Waals surface area contributed by atoms with E-state index in [4.69, 9.17) is 11.6 Å². The van der Waals surface area contributed by atoms with Gasteiger partial charge in [-0.3, -0.25) is 4.57 Å². The lowest BCUT2D eigenvalue weighted by Crippen LogP contribution is -2.04. The Morgan fingerprint density at radius 1 is 1.16 bits per heavy atom. The smallest absolute Gasteiger partial charge is 0.197 e. The molecule has 0 fully saturated rings. The maximum atomic E-state index is 9.17. The van der Waals surface area contributed by atoms with Crippen LogP contribution in [0.5, 0.6) is 0 Å². The van der Waals surface area contributed by atoms with Gasteiger partial charge in [0, 0.05) is 10.6 Å². The van der Waals surface area contributed by atoms with Crippen molar-refractivity contribution in [2.75, 3.05) is 0 Å². The summed E-state index contributed by atoms with van der Waals surface area (Å²) in [6.45, 7) is 5.96. The number of hydrogen-bond donors (Lipinski definition) is 0. The van der Waals surface area contributed by atoms with Crippen LogP contribution < -0.4 is 0 Å². The second-order valence-electron chi connectivity index (χ2n) is 5.83. The Morgan fingerprint density at radius 2 is 1.96 bits per heavy atom. The minimum Gasteiger partial charge on any atom is -0.270 e. The average Bonchev–Trinajstić information content (AvgIpc) is 3.00. The molecule has 0 saturated heterocycles. The molecule has 0 bridgehead atoms. The van der Waals surface area contributed by atoms with Crippen molar-refractivity contribution in [1.82, 2.24) is 14.8 Å². The molecule has 0 aliphatic heterocycles. The van der Waals surface area contributed by atoms with Gasteiger partial charge in [-0.2, -0.15) is 5.26 Å². The molecule has 0 amide bonds. The zero-order valence-electron chi connectivity index (χ0n) is 14.2. The minimum absolute atomic E-state index is 0.222. The summed E-state index contributed by atoms with van der Waals surface area (Å²) in [4.78, 5) is 0. The van der Waals surface area contributed by atoms with Crippen molar-refractivity contribution < 1.29 is 0 Å². The monoisotopic (exact) mass is 368 g/mol. The first kappa shape index (κ1) is 17.5. The van der Waals surface area contributed by atoms with Crippen molar-refractivity contribution in [2.24, 2.45) is 0 Å². The van der Waals surface area contributed by atoms with Gasteiger partial charge in [-0.05, 0) is 50.1 Å². The molecule has 0 spiro atoms. The van der Waals surface area contributed by atoms with Crippen LogP contribution in [0, 0.1) is 25.2 Å². The molecule has 6 heteroatoms. The highest BCUT2D eigenvalue weighted by atomic mass is 35.5. The molecule has 3 rings (SSSR count). The molecule has 0 saturated carbocycles. The zero-order valence-corrected chi connectivity index (χ0v) is 15.8. The van der Waals surface area contributed by atoms with Crippen LogP contribution in [0.4, 0.5) is 0 Å². The van der Waals surface area contributed by atoms with Gasteiger partial charge < -0.3 is 0 Å². The van der Waals surface area contributed by atoms with Gasteiger partial charge in [-0.15, -0.1) is 10.2 Å². The average molecular weight is 369 g/mol. The van der Waals surface area contributed by atoms with Crippen LogP contribution in [-0.2, 0) is 0 Å². The molecular formula is C19H17ClN4S. The van der Waals surface area contributed by atoms with Gasteiger partial charge >= 0.3 is 0 Å². The fourth-order valence-corrected chi connectivity index (χ4v) is 3.46. The van der Waals surface area contributed by atoms with Crippen LogP contribution >= 0.6 is 23.4 Å². The van der Waals surface area contributed by atoms with Gasteiger partial charge in [0.05, 0.1) is 17.0 Å². The number of halogens is 1. The number of aromatic nitrogens is 3. The van der Waals surface area contributed by atoms with Gasteiger partial charge in [0.2, 0.25) is 0 Å². The second-order valence-corrected chi connectivity index (χ2v) is 7.58. The normalized spacial score (nSPS) is 12.0. The maximum Gasteiger partial charge on any atom is 0.197 e. The van der Waals surface area contributed by atoms with E-state index in [0.717, 1.165) is 22.4 Å². The summed E-state index contributed by atoms with van der Waals surface area (Å²) in [6.07, 6.45) is 0. The highest BCUT2D eigenvalue weighted by molar-refractivity contribution is 8.00. The Morgan fingerprint density at radius 3 is 2.68 bits per heavy atom. The summed E-state index contributed by atoms with van der Waals surface area (Å²) in [7, 11) is 0. The van der Waals surface area contributed by atoms with Gasteiger partial charge in [-0.25, -0.2) is 0 Å². The topological polar surface area (TPSA) is 54.5 Å². The van der Waals surface area contributed by atoms with E-state index in [1.165, 1.54) is 11.8 Å². The van der Waals surface area contributed by atoms with Crippen LogP contribution in [0.25, 0.3) is 17.1 Å². The van der Waals surface area contributed by atoms with Crippen LogP contribution in [0.2, 0.25) is 5.02 Å². The fraction of sp³-hybridized carbons (Fsp3) is 0.211. The number of nitriles is 1. The Bertz CT molecular complexity index is 958. The van der Waals surface area contributed by atoms with Crippen molar-refractivity contribution in [3.8, 4) is 23.1 Å². The molecule has 126 valence electrons. The van der Waals surface area contributed by atoms with Crippen molar-refractivity contribution in [1.29, 1.82) is 5.26 Å². The van der Waals surface area contributed by atoms with Crippen molar-refractivity contribution in [3.05, 3.63) is 58.6 Å². The largest absolute Gasteiger partial charge is 0.270 e. The number of thioether (sulfide) groups is 1. The lowest BCUT2D eigenvalue weighted by atomic mass is 10.1. The van der Waals surface area contributed by atoms with Crippen molar-refractivity contribution >= 4 is 23.4 Å². The van der Waals surface area contributed by atoms with E-state index in [1.54, 1.807) is 0 Å². The molecule has 0 aliphatic rings. The summed E-state index contributed by atoms with van der Waals surface area (Å²) in [5, 5.41) is 19.0. The van der Waals surface area contributed by atoms with Crippen LogP contribution in [0.15, 0.2) is 47.6 Å². The minimum atomic E-state index is -0.222. The first-order valence-corrected chi connectivity index (χ1v) is 9.10. The molecule has 4 nitrogen and oxygen atoms in total. The molecule has 1 atom stereocenters. The zero-order chi connectivity index (χ0) is 18.0. The summed E-state index contributed by atoms with van der Waals surface area (Å²) < 4.78 is 2.01. The van der Waals surface area contributed by atoms with E-state index in [9.17, 15) is 5.26 Å². The van der Waals surface area contributed by atoms with Gasteiger partial charge in [0.15, 0.2) is 11.0 Å². The molecule has 1 aromatic heterocycles. The quantitative estimate of drug-likeness (QED) is 0.593. The molecule has 2 aromatic carbocycles. The lowest BCUT2D eigenvalue weighted by molar-refractivity contribution is 0.877. The molecule has 0 radical (unpaired) electrons. The Hall–Kier alpha value is -2.29. The highest BCUT2D eigenvalue weighted by Gasteiger charge is 2.19. The van der Waals surface area contributed by atoms with Crippen LogP contribution in [0.1, 0.15) is 18.1 Å². The Labute approximate surface area is 156 Å². The lowest BCUT2D eigenvalue weighted by Gasteiger charge is -2.14. The van der Waals surface area contributed by atoms with E-state index < -0.39 is 0 Å². The van der Waals surface area contributed by atoms with Crippen molar-refractivity contribution in [3.63, 3.8) is 0 Å². The van der Waals surface area contributed by atoms with Gasteiger partial charge in [-0.1, -0.05) is 47.6 Å². The van der Waals surface area contributed by atoms with Crippen LogP contribution in [-0.4, -0.2) is 20.0 Å². The summed E-state index contributed by atoms with van der Waals surface area (Å²) >= 11 is 7.55.